The SMILES string of the molecule is C[C@@H](O)c1cc(-c2ccc(F)cc2)nc2cc(F)ccc12. The number of aromatic nitrogens is 1. The highest BCUT2D eigenvalue weighted by molar-refractivity contribution is 5.85. The second-order valence-corrected chi connectivity index (χ2v) is 4.94. The number of pyridine rings is 1. The second kappa shape index (κ2) is 5.22. The molecule has 1 heterocycles. The summed E-state index contributed by atoms with van der Waals surface area (Å²) in [4.78, 5) is 4.41. The van der Waals surface area contributed by atoms with Gasteiger partial charge >= 0.3 is 0 Å². The lowest BCUT2D eigenvalue weighted by molar-refractivity contribution is 0.201. The molecule has 0 aliphatic carbocycles. The Labute approximate surface area is 120 Å². The van der Waals surface area contributed by atoms with Crippen molar-refractivity contribution in [2.45, 2.75) is 13.0 Å². The van der Waals surface area contributed by atoms with Crippen LogP contribution in [0.1, 0.15) is 18.6 Å². The summed E-state index contributed by atoms with van der Waals surface area (Å²) >= 11 is 0. The van der Waals surface area contributed by atoms with E-state index in [1.807, 2.05) is 0 Å². The highest BCUT2D eigenvalue weighted by Gasteiger charge is 2.12. The normalized spacial score (nSPS) is 12.6. The molecule has 0 radical (unpaired) electrons. The molecule has 0 aliphatic heterocycles. The number of hydrogen-bond acceptors (Lipinski definition) is 2. The van der Waals surface area contributed by atoms with Crippen molar-refractivity contribution < 1.29 is 13.9 Å². The van der Waals surface area contributed by atoms with Crippen molar-refractivity contribution in [3.8, 4) is 11.3 Å². The molecular weight excluding hydrogens is 272 g/mol. The first-order valence-electron chi connectivity index (χ1n) is 6.59. The fourth-order valence-electron chi connectivity index (χ4n) is 2.34. The maximum absolute atomic E-state index is 13.4. The van der Waals surface area contributed by atoms with Crippen LogP contribution in [0, 0.1) is 11.6 Å². The van der Waals surface area contributed by atoms with E-state index in [2.05, 4.69) is 4.98 Å². The van der Waals surface area contributed by atoms with E-state index in [1.54, 1.807) is 31.2 Å². The van der Waals surface area contributed by atoms with Gasteiger partial charge in [-0.05, 0) is 55.0 Å². The van der Waals surface area contributed by atoms with Gasteiger partial charge in [-0.25, -0.2) is 13.8 Å². The third kappa shape index (κ3) is 2.62. The van der Waals surface area contributed by atoms with Gasteiger partial charge in [-0.3, -0.25) is 0 Å². The van der Waals surface area contributed by atoms with Gasteiger partial charge in [0.05, 0.1) is 17.3 Å². The molecule has 0 saturated heterocycles. The lowest BCUT2D eigenvalue weighted by Crippen LogP contribution is -1.97. The highest BCUT2D eigenvalue weighted by Crippen LogP contribution is 2.29. The van der Waals surface area contributed by atoms with Crippen LogP contribution in [-0.2, 0) is 0 Å². The zero-order valence-corrected chi connectivity index (χ0v) is 11.3. The third-order valence-electron chi connectivity index (χ3n) is 3.39. The van der Waals surface area contributed by atoms with E-state index in [0.29, 0.717) is 27.7 Å². The van der Waals surface area contributed by atoms with E-state index in [0.717, 1.165) is 0 Å². The number of benzene rings is 2. The van der Waals surface area contributed by atoms with Crippen LogP contribution in [0.3, 0.4) is 0 Å². The Morgan fingerprint density at radius 3 is 2.29 bits per heavy atom. The lowest BCUT2D eigenvalue weighted by Gasteiger charge is -2.12. The summed E-state index contributed by atoms with van der Waals surface area (Å²) < 4.78 is 26.4. The van der Waals surface area contributed by atoms with Crippen LogP contribution in [0.2, 0.25) is 0 Å². The number of fused-ring (bicyclic) bond motifs is 1. The van der Waals surface area contributed by atoms with E-state index < -0.39 is 6.10 Å². The summed E-state index contributed by atoms with van der Waals surface area (Å²) in [5.41, 5.74) is 2.42. The topological polar surface area (TPSA) is 33.1 Å². The molecule has 2 aromatic carbocycles. The second-order valence-electron chi connectivity index (χ2n) is 4.94. The van der Waals surface area contributed by atoms with Crippen LogP contribution in [0.5, 0.6) is 0 Å². The van der Waals surface area contributed by atoms with E-state index in [9.17, 15) is 13.9 Å². The summed E-state index contributed by atoms with van der Waals surface area (Å²) in [6, 6.07) is 11.9. The molecule has 106 valence electrons. The lowest BCUT2D eigenvalue weighted by atomic mass is 10.0. The largest absolute Gasteiger partial charge is 0.389 e. The van der Waals surface area contributed by atoms with Crippen molar-refractivity contribution in [3.63, 3.8) is 0 Å². The van der Waals surface area contributed by atoms with Crippen molar-refractivity contribution >= 4 is 10.9 Å². The number of nitrogens with zero attached hydrogens (tertiary/aromatic N) is 1. The Bertz CT molecular complexity index is 798. The maximum Gasteiger partial charge on any atom is 0.125 e. The summed E-state index contributed by atoms with van der Waals surface area (Å²) in [7, 11) is 0. The van der Waals surface area contributed by atoms with Gasteiger partial charge in [0.25, 0.3) is 0 Å². The zero-order chi connectivity index (χ0) is 15.0. The van der Waals surface area contributed by atoms with Gasteiger partial charge in [-0.1, -0.05) is 0 Å². The van der Waals surface area contributed by atoms with Gasteiger partial charge in [0.2, 0.25) is 0 Å². The molecule has 0 amide bonds. The van der Waals surface area contributed by atoms with Crippen LogP contribution >= 0.6 is 0 Å². The van der Waals surface area contributed by atoms with Crippen molar-refractivity contribution in [1.29, 1.82) is 0 Å². The Morgan fingerprint density at radius 1 is 0.952 bits per heavy atom. The molecule has 3 aromatic rings. The Morgan fingerprint density at radius 2 is 1.62 bits per heavy atom. The summed E-state index contributed by atoms with van der Waals surface area (Å²) in [5, 5.41) is 10.6. The number of rotatable bonds is 2. The molecule has 0 unspecified atom stereocenters. The van der Waals surface area contributed by atoms with Crippen LogP contribution < -0.4 is 0 Å². The van der Waals surface area contributed by atoms with Gasteiger partial charge in [0.15, 0.2) is 0 Å². The number of hydrogen-bond donors (Lipinski definition) is 1. The van der Waals surface area contributed by atoms with E-state index in [4.69, 9.17) is 0 Å². The quantitative estimate of drug-likeness (QED) is 0.764. The first-order valence-corrected chi connectivity index (χ1v) is 6.59. The predicted molar refractivity (Wildman–Crippen MR) is 77.7 cm³/mol. The molecule has 0 spiro atoms. The van der Waals surface area contributed by atoms with Gasteiger partial charge in [0, 0.05) is 17.0 Å². The monoisotopic (exact) mass is 285 g/mol. The average molecular weight is 285 g/mol. The fraction of sp³-hybridized carbons (Fsp3) is 0.118. The van der Waals surface area contributed by atoms with Crippen LogP contribution in [0.4, 0.5) is 8.78 Å². The number of halogens is 2. The van der Waals surface area contributed by atoms with Crippen molar-refractivity contribution in [2.24, 2.45) is 0 Å². The number of aliphatic hydroxyl groups is 1. The van der Waals surface area contributed by atoms with Crippen LogP contribution in [0.25, 0.3) is 22.2 Å². The average Bonchev–Trinajstić information content (AvgIpc) is 2.46. The van der Waals surface area contributed by atoms with Crippen LogP contribution in [-0.4, -0.2) is 10.1 Å². The summed E-state index contributed by atoms with van der Waals surface area (Å²) in [5.74, 6) is -0.718. The molecule has 1 N–H and O–H groups in total. The molecule has 0 fully saturated rings. The molecule has 21 heavy (non-hydrogen) atoms. The molecule has 0 bridgehead atoms. The first kappa shape index (κ1) is 13.6. The predicted octanol–water partition coefficient (Wildman–Crippen LogP) is 4.23. The fourth-order valence-corrected chi connectivity index (χ4v) is 2.34. The first-order chi connectivity index (χ1) is 10.0. The van der Waals surface area contributed by atoms with Crippen LogP contribution in [0.15, 0.2) is 48.5 Å². The Hall–Kier alpha value is -2.33. The minimum Gasteiger partial charge on any atom is -0.389 e. The van der Waals surface area contributed by atoms with Gasteiger partial charge < -0.3 is 5.11 Å². The standard InChI is InChI=1S/C17H13F2NO/c1-10(21)15-9-16(11-2-4-12(18)5-3-11)20-17-8-13(19)6-7-14(15)17/h2-10,21H,1H3/t10-/m1/s1. The van der Waals surface area contributed by atoms with E-state index in [-0.39, 0.29) is 11.6 Å². The van der Waals surface area contributed by atoms with E-state index >= 15 is 0 Å². The molecule has 4 heteroatoms. The molecule has 0 saturated carbocycles. The third-order valence-corrected chi connectivity index (χ3v) is 3.39. The Balaban J connectivity index is 2.26. The smallest absolute Gasteiger partial charge is 0.125 e. The highest BCUT2D eigenvalue weighted by atomic mass is 19.1. The molecule has 2 nitrogen and oxygen atoms in total. The zero-order valence-electron chi connectivity index (χ0n) is 11.3. The van der Waals surface area contributed by atoms with Crippen molar-refractivity contribution in [2.75, 3.05) is 0 Å². The molecule has 1 atom stereocenters. The minimum absolute atomic E-state index is 0.332. The summed E-state index contributed by atoms with van der Waals surface area (Å²) in [6.45, 7) is 1.65. The van der Waals surface area contributed by atoms with E-state index in [1.165, 1.54) is 24.3 Å². The molecule has 1 aromatic heterocycles. The molecular formula is C17H13F2NO. The minimum atomic E-state index is -0.708. The van der Waals surface area contributed by atoms with Gasteiger partial charge in [0.1, 0.15) is 11.6 Å². The van der Waals surface area contributed by atoms with Crippen molar-refractivity contribution in [1.82, 2.24) is 4.98 Å². The van der Waals surface area contributed by atoms with Gasteiger partial charge in [-0.15, -0.1) is 0 Å². The van der Waals surface area contributed by atoms with Gasteiger partial charge in [-0.2, -0.15) is 0 Å². The number of aliphatic hydroxyl groups excluding tert-OH is 1. The molecule has 0 aliphatic rings. The maximum atomic E-state index is 13.4. The summed E-state index contributed by atoms with van der Waals surface area (Å²) in [6.07, 6.45) is -0.708. The Kier molecular flexibility index (Phi) is 3.39. The van der Waals surface area contributed by atoms with Crippen molar-refractivity contribution in [3.05, 3.63) is 65.7 Å². The molecule has 3 rings (SSSR count).